The van der Waals surface area contributed by atoms with Crippen molar-refractivity contribution >= 4 is 11.9 Å². The predicted molar refractivity (Wildman–Crippen MR) is 175 cm³/mol. The molecule has 4 nitrogen and oxygen atoms in total. The number of unbranched alkanes of at least 4 members (excludes halogenated alkanes) is 12. The number of ether oxygens (including phenoxy) is 2. The standard InChI is InChI=1S/C38H58O4/c1-3-41-37(39)21-17-13-9-5-7-11-15-19-33-23-27-35(28-24-33)31-32-36-29-25-34(26-30-36)20-16-12-8-6-10-14-18-22-38(40)42-4-2/h23-30H,3-22,31-32H2,1-2H3. The quantitative estimate of drug-likeness (QED) is 0.0869. The van der Waals surface area contributed by atoms with Crippen LogP contribution < -0.4 is 0 Å². The van der Waals surface area contributed by atoms with Gasteiger partial charge in [0.15, 0.2) is 0 Å². The van der Waals surface area contributed by atoms with E-state index in [0.29, 0.717) is 26.1 Å². The molecule has 2 aromatic carbocycles. The van der Waals surface area contributed by atoms with Crippen molar-refractivity contribution in [2.24, 2.45) is 0 Å². The summed E-state index contributed by atoms with van der Waals surface area (Å²) in [6, 6.07) is 18.5. The molecule has 0 fully saturated rings. The highest BCUT2D eigenvalue weighted by atomic mass is 16.5. The van der Waals surface area contributed by atoms with Crippen molar-refractivity contribution in [1.82, 2.24) is 0 Å². The zero-order valence-electron chi connectivity index (χ0n) is 26.8. The van der Waals surface area contributed by atoms with Gasteiger partial charge in [0.1, 0.15) is 0 Å². The molecule has 234 valence electrons. The molecule has 0 aliphatic heterocycles. The lowest BCUT2D eigenvalue weighted by Crippen LogP contribution is -2.03. The molecule has 0 amide bonds. The number of hydrogen-bond donors (Lipinski definition) is 0. The molecule has 0 N–H and O–H groups in total. The Morgan fingerprint density at radius 1 is 0.405 bits per heavy atom. The largest absolute Gasteiger partial charge is 0.466 e. The van der Waals surface area contributed by atoms with Crippen LogP contribution in [0.2, 0.25) is 0 Å². The van der Waals surface area contributed by atoms with Crippen LogP contribution in [0, 0.1) is 0 Å². The second-order valence-corrected chi connectivity index (χ2v) is 11.7. The molecule has 4 heteroatoms. The number of carbonyl (C=O) groups is 2. The maximum atomic E-state index is 11.3. The molecule has 0 saturated heterocycles. The van der Waals surface area contributed by atoms with E-state index in [-0.39, 0.29) is 11.9 Å². The molecule has 0 aliphatic carbocycles. The first kappa shape index (κ1) is 35.6. The monoisotopic (exact) mass is 578 g/mol. The number of esters is 2. The molecule has 2 rings (SSSR count). The zero-order chi connectivity index (χ0) is 30.1. The molecule has 0 spiro atoms. The molecule has 42 heavy (non-hydrogen) atoms. The molecular formula is C38H58O4. The molecule has 0 radical (unpaired) electrons. The number of carbonyl (C=O) groups excluding carboxylic acids is 2. The third kappa shape index (κ3) is 18.0. The number of benzene rings is 2. The molecule has 2 aromatic rings. The highest BCUT2D eigenvalue weighted by molar-refractivity contribution is 5.69. The number of hydrogen-bond acceptors (Lipinski definition) is 4. The second kappa shape index (κ2) is 23.9. The summed E-state index contributed by atoms with van der Waals surface area (Å²) in [4.78, 5) is 22.7. The molecule has 0 aliphatic rings. The van der Waals surface area contributed by atoms with E-state index in [9.17, 15) is 9.59 Å². The molecule has 0 atom stereocenters. The van der Waals surface area contributed by atoms with Crippen LogP contribution in [0.25, 0.3) is 0 Å². The highest BCUT2D eigenvalue weighted by Gasteiger charge is 2.03. The summed E-state index contributed by atoms with van der Waals surface area (Å²) >= 11 is 0. The molecule has 0 bridgehead atoms. The summed E-state index contributed by atoms with van der Waals surface area (Å²) in [7, 11) is 0. The Bertz CT molecular complexity index is 869. The van der Waals surface area contributed by atoms with Gasteiger partial charge in [0.05, 0.1) is 13.2 Å². The maximum absolute atomic E-state index is 11.3. The lowest BCUT2D eigenvalue weighted by Gasteiger charge is -2.07. The van der Waals surface area contributed by atoms with Gasteiger partial charge in [-0.05, 0) is 87.5 Å². The average molecular weight is 579 g/mol. The van der Waals surface area contributed by atoms with E-state index in [1.54, 1.807) is 0 Å². The first-order valence-electron chi connectivity index (χ1n) is 17.1. The van der Waals surface area contributed by atoms with Crippen molar-refractivity contribution in [3.05, 3.63) is 70.8 Å². The van der Waals surface area contributed by atoms with Crippen molar-refractivity contribution in [3.8, 4) is 0 Å². The van der Waals surface area contributed by atoms with Gasteiger partial charge < -0.3 is 9.47 Å². The van der Waals surface area contributed by atoms with Gasteiger partial charge in [-0.15, -0.1) is 0 Å². The van der Waals surface area contributed by atoms with Gasteiger partial charge >= 0.3 is 11.9 Å². The van der Waals surface area contributed by atoms with Gasteiger partial charge in [0, 0.05) is 12.8 Å². The van der Waals surface area contributed by atoms with E-state index in [0.717, 1.165) is 38.5 Å². The van der Waals surface area contributed by atoms with Crippen LogP contribution >= 0.6 is 0 Å². The number of rotatable bonds is 25. The fourth-order valence-corrected chi connectivity index (χ4v) is 5.46. The Morgan fingerprint density at radius 3 is 0.976 bits per heavy atom. The van der Waals surface area contributed by atoms with Crippen molar-refractivity contribution in [3.63, 3.8) is 0 Å². The van der Waals surface area contributed by atoms with Gasteiger partial charge in [0.2, 0.25) is 0 Å². The summed E-state index contributed by atoms with van der Waals surface area (Å²) in [6.45, 7) is 4.70. The Hall–Kier alpha value is -2.62. The Kier molecular flexibility index (Phi) is 20.2. The Morgan fingerprint density at radius 2 is 0.667 bits per heavy atom. The molecular weight excluding hydrogens is 520 g/mol. The zero-order valence-corrected chi connectivity index (χ0v) is 26.8. The number of aryl methyl sites for hydroxylation is 4. The van der Waals surface area contributed by atoms with E-state index in [1.807, 2.05) is 13.8 Å². The molecule has 0 unspecified atom stereocenters. The van der Waals surface area contributed by atoms with Crippen molar-refractivity contribution in [2.75, 3.05) is 13.2 Å². The van der Waals surface area contributed by atoms with Crippen molar-refractivity contribution in [2.45, 2.75) is 142 Å². The minimum Gasteiger partial charge on any atom is -0.466 e. The van der Waals surface area contributed by atoms with Crippen LogP contribution in [0.5, 0.6) is 0 Å². The molecule has 0 aromatic heterocycles. The fraction of sp³-hybridized carbons (Fsp3) is 0.632. The lowest BCUT2D eigenvalue weighted by atomic mass is 9.99. The third-order valence-corrected chi connectivity index (χ3v) is 8.05. The van der Waals surface area contributed by atoms with Crippen LogP contribution in [-0.2, 0) is 44.7 Å². The fourth-order valence-electron chi connectivity index (χ4n) is 5.46. The molecule has 0 saturated carbocycles. The minimum absolute atomic E-state index is 0.0519. The van der Waals surface area contributed by atoms with Crippen LogP contribution in [0.3, 0.4) is 0 Å². The SMILES string of the molecule is CCOC(=O)CCCCCCCCCc1ccc(CCc2ccc(CCCCCCCCCC(=O)OCC)cc2)cc1. The van der Waals surface area contributed by atoms with Crippen molar-refractivity contribution < 1.29 is 19.1 Å². The summed E-state index contributed by atoms with van der Waals surface area (Å²) in [6.07, 6.45) is 22.5. The van der Waals surface area contributed by atoms with E-state index in [4.69, 9.17) is 9.47 Å². The van der Waals surface area contributed by atoms with Gasteiger partial charge in [-0.3, -0.25) is 9.59 Å². The summed E-state index contributed by atoms with van der Waals surface area (Å²) in [5, 5.41) is 0. The summed E-state index contributed by atoms with van der Waals surface area (Å²) in [5.74, 6) is -0.104. The second-order valence-electron chi connectivity index (χ2n) is 11.7. The van der Waals surface area contributed by atoms with Crippen LogP contribution in [0.4, 0.5) is 0 Å². The van der Waals surface area contributed by atoms with E-state index in [2.05, 4.69) is 48.5 Å². The topological polar surface area (TPSA) is 52.6 Å². The van der Waals surface area contributed by atoms with E-state index >= 15 is 0 Å². The van der Waals surface area contributed by atoms with E-state index in [1.165, 1.54) is 99.3 Å². The summed E-state index contributed by atoms with van der Waals surface area (Å²) in [5.41, 5.74) is 5.75. The highest BCUT2D eigenvalue weighted by Crippen LogP contribution is 2.16. The smallest absolute Gasteiger partial charge is 0.305 e. The van der Waals surface area contributed by atoms with Crippen LogP contribution in [-0.4, -0.2) is 25.2 Å². The third-order valence-electron chi connectivity index (χ3n) is 8.05. The maximum Gasteiger partial charge on any atom is 0.305 e. The average Bonchev–Trinajstić information content (AvgIpc) is 3.00. The van der Waals surface area contributed by atoms with Gasteiger partial charge in [-0.25, -0.2) is 0 Å². The van der Waals surface area contributed by atoms with Gasteiger partial charge in [-0.1, -0.05) is 113 Å². The normalized spacial score (nSPS) is 11.0. The summed E-state index contributed by atoms with van der Waals surface area (Å²) < 4.78 is 9.95. The van der Waals surface area contributed by atoms with Crippen LogP contribution in [0.1, 0.15) is 139 Å². The Labute approximate surface area is 257 Å². The van der Waals surface area contributed by atoms with Crippen LogP contribution in [0.15, 0.2) is 48.5 Å². The lowest BCUT2D eigenvalue weighted by molar-refractivity contribution is -0.144. The first-order valence-corrected chi connectivity index (χ1v) is 17.1. The Balaban J connectivity index is 1.47. The van der Waals surface area contributed by atoms with E-state index < -0.39 is 0 Å². The minimum atomic E-state index is -0.0519. The van der Waals surface area contributed by atoms with Crippen molar-refractivity contribution in [1.29, 1.82) is 0 Å². The first-order chi connectivity index (χ1) is 20.6. The van der Waals surface area contributed by atoms with Gasteiger partial charge in [-0.2, -0.15) is 0 Å². The molecule has 0 heterocycles. The predicted octanol–water partition coefficient (Wildman–Crippen LogP) is 9.92. The van der Waals surface area contributed by atoms with Gasteiger partial charge in [0.25, 0.3) is 0 Å².